The zero-order valence-electron chi connectivity index (χ0n) is 13.0. The van der Waals surface area contributed by atoms with Gasteiger partial charge in [-0.3, -0.25) is 4.79 Å². The van der Waals surface area contributed by atoms with Crippen LogP contribution in [-0.4, -0.2) is 15.9 Å². The van der Waals surface area contributed by atoms with Crippen molar-refractivity contribution in [1.29, 1.82) is 0 Å². The molecule has 0 bridgehead atoms. The molecule has 4 rings (SSSR count). The Balaban J connectivity index is 1.66. The van der Waals surface area contributed by atoms with Gasteiger partial charge in [0, 0.05) is 22.7 Å². The van der Waals surface area contributed by atoms with Crippen molar-refractivity contribution in [2.45, 2.75) is 6.92 Å². The number of nitrogens with zero attached hydrogens (tertiary/aromatic N) is 1. The molecule has 2 aromatic carbocycles. The summed E-state index contributed by atoms with van der Waals surface area (Å²) >= 11 is 1.42. The van der Waals surface area contributed by atoms with Gasteiger partial charge in [0.05, 0.1) is 11.4 Å². The summed E-state index contributed by atoms with van der Waals surface area (Å²) in [6.45, 7) is 1.87. The lowest BCUT2D eigenvalue weighted by Gasteiger charge is -2.05. The maximum Gasteiger partial charge on any atom is 0.267 e. The van der Waals surface area contributed by atoms with Crippen molar-refractivity contribution < 1.29 is 4.79 Å². The molecule has 0 spiro atoms. The van der Waals surface area contributed by atoms with Gasteiger partial charge in [0.1, 0.15) is 9.88 Å². The molecule has 4 nitrogen and oxygen atoms in total. The summed E-state index contributed by atoms with van der Waals surface area (Å²) in [5.74, 6) is -0.124. The summed E-state index contributed by atoms with van der Waals surface area (Å²) in [6.07, 6.45) is 1.87. The Morgan fingerprint density at radius 3 is 2.75 bits per heavy atom. The number of fused-ring (bicyclic) bond motifs is 1. The molecule has 2 aromatic heterocycles. The van der Waals surface area contributed by atoms with Crippen LogP contribution in [0.3, 0.4) is 0 Å². The van der Waals surface area contributed by atoms with Crippen LogP contribution in [0.4, 0.5) is 5.69 Å². The van der Waals surface area contributed by atoms with Crippen LogP contribution in [0.5, 0.6) is 0 Å². The van der Waals surface area contributed by atoms with E-state index in [-0.39, 0.29) is 5.91 Å². The second kappa shape index (κ2) is 5.94. The molecule has 0 saturated carbocycles. The van der Waals surface area contributed by atoms with Crippen molar-refractivity contribution >= 4 is 33.8 Å². The van der Waals surface area contributed by atoms with Crippen LogP contribution in [0.1, 0.15) is 15.4 Å². The van der Waals surface area contributed by atoms with Gasteiger partial charge in [0.2, 0.25) is 0 Å². The van der Waals surface area contributed by atoms with E-state index >= 15 is 0 Å². The third kappa shape index (κ3) is 2.59. The summed E-state index contributed by atoms with van der Waals surface area (Å²) in [5, 5.41) is 4.86. The maximum absolute atomic E-state index is 12.7. The number of benzene rings is 2. The number of anilines is 1. The highest BCUT2D eigenvalue weighted by Gasteiger charge is 2.17. The lowest BCUT2D eigenvalue weighted by Crippen LogP contribution is -2.11. The molecule has 2 heterocycles. The van der Waals surface area contributed by atoms with Crippen molar-refractivity contribution in [2.75, 3.05) is 5.32 Å². The van der Waals surface area contributed by atoms with Gasteiger partial charge in [0.25, 0.3) is 5.91 Å². The topological polar surface area (TPSA) is 57.8 Å². The van der Waals surface area contributed by atoms with Crippen LogP contribution in [0.2, 0.25) is 0 Å². The normalized spacial score (nSPS) is 10.9. The minimum atomic E-state index is -0.124. The SMILES string of the molecule is Cc1nc(-c2ccccc2)sc1C(=O)Nc1cccc2[nH]ccc12. The monoisotopic (exact) mass is 333 g/mol. The Morgan fingerprint density at radius 2 is 1.92 bits per heavy atom. The Kier molecular flexibility index (Phi) is 3.63. The van der Waals surface area contributed by atoms with E-state index in [2.05, 4.69) is 15.3 Å². The quantitative estimate of drug-likeness (QED) is 0.563. The fraction of sp³-hybridized carbons (Fsp3) is 0.0526. The molecule has 24 heavy (non-hydrogen) atoms. The average Bonchev–Trinajstić information content (AvgIpc) is 3.23. The predicted octanol–water partition coefficient (Wildman–Crippen LogP) is 4.85. The molecule has 0 aliphatic rings. The molecule has 0 radical (unpaired) electrons. The van der Waals surface area contributed by atoms with E-state index in [4.69, 9.17) is 0 Å². The first kappa shape index (κ1) is 14.7. The third-order valence-corrected chi connectivity index (χ3v) is 5.07. The summed E-state index contributed by atoms with van der Waals surface area (Å²) in [7, 11) is 0. The zero-order chi connectivity index (χ0) is 16.5. The van der Waals surface area contributed by atoms with E-state index in [9.17, 15) is 4.79 Å². The van der Waals surface area contributed by atoms with E-state index in [1.165, 1.54) is 11.3 Å². The van der Waals surface area contributed by atoms with Crippen molar-refractivity contribution in [3.8, 4) is 10.6 Å². The van der Waals surface area contributed by atoms with Gasteiger partial charge >= 0.3 is 0 Å². The molecule has 0 aliphatic heterocycles. The van der Waals surface area contributed by atoms with E-state index in [0.717, 1.165) is 32.9 Å². The van der Waals surface area contributed by atoms with Crippen molar-refractivity contribution in [1.82, 2.24) is 9.97 Å². The van der Waals surface area contributed by atoms with E-state index in [1.54, 1.807) is 0 Å². The minimum absolute atomic E-state index is 0.124. The number of carbonyl (C=O) groups excluding carboxylic acids is 1. The van der Waals surface area contributed by atoms with Gasteiger partial charge in [0.15, 0.2) is 0 Å². The van der Waals surface area contributed by atoms with Gasteiger partial charge in [-0.2, -0.15) is 0 Å². The van der Waals surface area contributed by atoms with Gasteiger partial charge in [-0.25, -0.2) is 4.98 Å². The van der Waals surface area contributed by atoms with Gasteiger partial charge in [-0.15, -0.1) is 11.3 Å². The Morgan fingerprint density at radius 1 is 1.08 bits per heavy atom. The van der Waals surface area contributed by atoms with Crippen molar-refractivity contribution in [3.05, 3.63) is 71.4 Å². The fourth-order valence-corrected chi connectivity index (χ4v) is 3.65. The van der Waals surface area contributed by atoms with Crippen LogP contribution in [0.25, 0.3) is 21.5 Å². The third-order valence-electron chi connectivity index (χ3n) is 3.87. The second-order valence-corrected chi connectivity index (χ2v) is 6.50. The van der Waals surface area contributed by atoms with E-state index < -0.39 is 0 Å². The first-order chi connectivity index (χ1) is 11.7. The molecule has 0 aliphatic carbocycles. The van der Waals surface area contributed by atoms with Gasteiger partial charge in [-0.1, -0.05) is 36.4 Å². The lowest BCUT2D eigenvalue weighted by molar-refractivity contribution is 0.103. The largest absolute Gasteiger partial charge is 0.361 e. The standard InChI is InChI=1S/C19H15N3OS/c1-12-17(24-19(21-12)13-6-3-2-4-7-13)18(23)22-16-9-5-8-15-14(16)10-11-20-15/h2-11,20H,1H3,(H,22,23). The lowest BCUT2D eigenvalue weighted by atomic mass is 10.2. The number of thiazole rings is 1. The van der Waals surface area contributed by atoms with Crippen LogP contribution in [0, 0.1) is 6.92 Å². The Bertz CT molecular complexity index is 1020. The van der Waals surface area contributed by atoms with Gasteiger partial charge in [-0.05, 0) is 25.1 Å². The number of nitrogens with one attached hydrogen (secondary N) is 2. The van der Waals surface area contributed by atoms with E-state index in [1.807, 2.05) is 67.7 Å². The molecule has 2 N–H and O–H groups in total. The Hall–Kier alpha value is -2.92. The highest BCUT2D eigenvalue weighted by molar-refractivity contribution is 7.17. The molecule has 0 atom stereocenters. The van der Waals surface area contributed by atoms with E-state index in [0.29, 0.717) is 4.88 Å². The number of hydrogen-bond donors (Lipinski definition) is 2. The minimum Gasteiger partial charge on any atom is -0.361 e. The average molecular weight is 333 g/mol. The summed E-state index contributed by atoms with van der Waals surface area (Å²) in [4.78, 5) is 21.0. The predicted molar refractivity (Wildman–Crippen MR) is 98.5 cm³/mol. The number of rotatable bonds is 3. The first-order valence-corrected chi connectivity index (χ1v) is 8.44. The zero-order valence-corrected chi connectivity index (χ0v) is 13.9. The molecule has 5 heteroatoms. The number of hydrogen-bond acceptors (Lipinski definition) is 3. The highest BCUT2D eigenvalue weighted by Crippen LogP contribution is 2.29. The molecule has 118 valence electrons. The van der Waals surface area contributed by atoms with Crippen molar-refractivity contribution in [3.63, 3.8) is 0 Å². The molecular formula is C19H15N3OS. The summed E-state index contributed by atoms with van der Waals surface area (Å²) < 4.78 is 0. The summed E-state index contributed by atoms with van der Waals surface area (Å²) in [6, 6.07) is 17.7. The number of aromatic nitrogens is 2. The first-order valence-electron chi connectivity index (χ1n) is 7.62. The highest BCUT2D eigenvalue weighted by atomic mass is 32.1. The molecule has 4 aromatic rings. The second-order valence-electron chi connectivity index (χ2n) is 5.50. The van der Waals surface area contributed by atoms with Crippen LogP contribution < -0.4 is 5.32 Å². The van der Waals surface area contributed by atoms with Crippen LogP contribution in [0.15, 0.2) is 60.8 Å². The molecule has 0 saturated heterocycles. The molecule has 0 fully saturated rings. The van der Waals surface area contributed by atoms with Crippen LogP contribution in [-0.2, 0) is 0 Å². The summed E-state index contributed by atoms with van der Waals surface area (Å²) in [5.41, 5.74) is 3.57. The number of amides is 1. The number of aromatic amines is 1. The number of aryl methyl sites for hydroxylation is 1. The number of H-pyrrole nitrogens is 1. The molecular weight excluding hydrogens is 318 g/mol. The van der Waals surface area contributed by atoms with Crippen molar-refractivity contribution in [2.24, 2.45) is 0 Å². The smallest absolute Gasteiger partial charge is 0.267 e. The Labute approximate surface area is 143 Å². The van der Waals surface area contributed by atoms with Gasteiger partial charge < -0.3 is 10.3 Å². The molecule has 1 amide bonds. The van der Waals surface area contributed by atoms with Crippen LogP contribution >= 0.6 is 11.3 Å². The number of carbonyl (C=O) groups is 1. The molecule has 0 unspecified atom stereocenters. The maximum atomic E-state index is 12.7. The fourth-order valence-electron chi connectivity index (χ4n) is 2.68.